The van der Waals surface area contributed by atoms with Gasteiger partial charge in [-0.25, -0.2) is 0 Å². The van der Waals surface area contributed by atoms with Crippen LogP contribution in [0.25, 0.3) is 0 Å². The van der Waals surface area contributed by atoms with Crippen LogP contribution in [0.3, 0.4) is 0 Å². The Hall–Kier alpha value is -1.06. The first-order valence-electron chi connectivity index (χ1n) is 6.09. The van der Waals surface area contributed by atoms with E-state index in [4.69, 9.17) is 4.74 Å². The summed E-state index contributed by atoms with van der Waals surface area (Å²) in [5.41, 5.74) is 1.17. The molecule has 0 amide bonds. The van der Waals surface area contributed by atoms with Crippen molar-refractivity contribution in [2.24, 2.45) is 5.92 Å². The summed E-state index contributed by atoms with van der Waals surface area (Å²) in [5.74, 6) is 1.27. The quantitative estimate of drug-likeness (QED) is 0.798. The lowest BCUT2D eigenvalue weighted by atomic mass is 10.0. The van der Waals surface area contributed by atoms with Crippen LogP contribution in [0.15, 0.2) is 24.3 Å². The molecule has 2 unspecified atom stereocenters. The van der Waals surface area contributed by atoms with Gasteiger partial charge >= 0.3 is 0 Å². The van der Waals surface area contributed by atoms with Gasteiger partial charge in [-0.1, -0.05) is 26.0 Å². The average molecular weight is 237 g/mol. The van der Waals surface area contributed by atoms with Gasteiger partial charge in [0.1, 0.15) is 5.75 Å². The molecule has 3 nitrogen and oxygen atoms in total. The standard InChI is InChI=1S/C14H23NO2/c1-10(2)14(9-16)15-11(3)12-6-5-7-13(8-12)17-4/h5-8,10-11,14-16H,9H2,1-4H3. The van der Waals surface area contributed by atoms with Crippen molar-refractivity contribution in [3.63, 3.8) is 0 Å². The second-order valence-electron chi connectivity index (χ2n) is 4.70. The summed E-state index contributed by atoms with van der Waals surface area (Å²) in [6.07, 6.45) is 0. The van der Waals surface area contributed by atoms with Crippen LogP contribution in [0.4, 0.5) is 0 Å². The molecule has 0 heterocycles. The molecule has 0 saturated heterocycles. The highest BCUT2D eigenvalue weighted by molar-refractivity contribution is 5.30. The molecule has 0 radical (unpaired) electrons. The van der Waals surface area contributed by atoms with Crippen molar-refractivity contribution in [3.05, 3.63) is 29.8 Å². The molecule has 0 saturated carbocycles. The zero-order valence-electron chi connectivity index (χ0n) is 11.1. The van der Waals surface area contributed by atoms with E-state index < -0.39 is 0 Å². The highest BCUT2D eigenvalue weighted by Crippen LogP contribution is 2.20. The maximum atomic E-state index is 9.31. The number of hydrogen-bond acceptors (Lipinski definition) is 3. The van der Waals surface area contributed by atoms with Crippen LogP contribution < -0.4 is 10.1 Å². The molecule has 0 bridgehead atoms. The smallest absolute Gasteiger partial charge is 0.119 e. The van der Waals surface area contributed by atoms with E-state index in [0.29, 0.717) is 5.92 Å². The number of hydrogen-bond donors (Lipinski definition) is 2. The van der Waals surface area contributed by atoms with Crippen LogP contribution >= 0.6 is 0 Å². The van der Waals surface area contributed by atoms with Crippen LogP contribution in [-0.2, 0) is 0 Å². The summed E-state index contributed by atoms with van der Waals surface area (Å²) in [6, 6.07) is 8.32. The number of aliphatic hydroxyl groups excluding tert-OH is 1. The van der Waals surface area contributed by atoms with E-state index in [1.165, 1.54) is 5.56 Å². The predicted octanol–water partition coefficient (Wildman–Crippen LogP) is 2.36. The van der Waals surface area contributed by atoms with Crippen LogP contribution in [0.2, 0.25) is 0 Å². The number of benzene rings is 1. The zero-order valence-corrected chi connectivity index (χ0v) is 11.1. The zero-order chi connectivity index (χ0) is 12.8. The Morgan fingerprint density at radius 2 is 2.00 bits per heavy atom. The molecule has 1 aromatic carbocycles. The molecule has 17 heavy (non-hydrogen) atoms. The summed E-state index contributed by atoms with van der Waals surface area (Å²) in [4.78, 5) is 0. The van der Waals surface area contributed by atoms with E-state index in [1.54, 1.807) is 7.11 Å². The van der Waals surface area contributed by atoms with Crippen LogP contribution in [-0.4, -0.2) is 24.9 Å². The lowest BCUT2D eigenvalue weighted by molar-refractivity contribution is 0.201. The van der Waals surface area contributed by atoms with E-state index >= 15 is 0 Å². The summed E-state index contributed by atoms with van der Waals surface area (Å²) in [7, 11) is 1.67. The Labute approximate surface area is 104 Å². The molecular weight excluding hydrogens is 214 g/mol. The second-order valence-corrected chi connectivity index (χ2v) is 4.70. The lowest BCUT2D eigenvalue weighted by Gasteiger charge is -2.25. The Morgan fingerprint density at radius 3 is 2.53 bits per heavy atom. The first-order chi connectivity index (χ1) is 8.08. The second kappa shape index (κ2) is 6.62. The van der Waals surface area contributed by atoms with Crippen molar-refractivity contribution in [2.75, 3.05) is 13.7 Å². The first-order valence-corrected chi connectivity index (χ1v) is 6.09. The van der Waals surface area contributed by atoms with Gasteiger partial charge in [0.2, 0.25) is 0 Å². The highest BCUT2D eigenvalue weighted by Gasteiger charge is 2.15. The summed E-state index contributed by atoms with van der Waals surface area (Å²) in [5, 5.41) is 12.7. The number of ether oxygens (including phenoxy) is 1. The number of methoxy groups -OCH3 is 1. The van der Waals surface area contributed by atoms with E-state index in [-0.39, 0.29) is 18.7 Å². The van der Waals surface area contributed by atoms with Crippen LogP contribution in [0.1, 0.15) is 32.4 Å². The van der Waals surface area contributed by atoms with Gasteiger partial charge in [0, 0.05) is 12.1 Å². The van der Waals surface area contributed by atoms with Crippen molar-refractivity contribution in [1.82, 2.24) is 5.32 Å². The van der Waals surface area contributed by atoms with Crippen LogP contribution in [0, 0.1) is 5.92 Å². The molecule has 0 aliphatic heterocycles. The molecule has 96 valence electrons. The number of rotatable bonds is 6. The highest BCUT2D eigenvalue weighted by atomic mass is 16.5. The van der Waals surface area contributed by atoms with E-state index in [9.17, 15) is 5.11 Å². The van der Waals surface area contributed by atoms with Gasteiger partial charge in [0.05, 0.1) is 13.7 Å². The normalized spacial score (nSPS) is 14.7. The van der Waals surface area contributed by atoms with Gasteiger partial charge in [-0.15, -0.1) is 0 Å². The molecule has 1 aromatic rings. The Kier molecular flexibility index (Phi) is 5.45. The van der Waals surface area contributed by atoms with E-state index in [2.05, 4.69) is 32.2 Å². The molecule has 1 rings (SSSR count). The van der Waals surface area contributed by atoms with Crippen molar-refractivity contribution in [1.29, 1.82) is 0 Å². The Morgan fingerprint density at radius 1 is 1.29 bits per heavy atom. The minimum atomic E-state index is 0.121. The summed E-state index contributed by atoms with van der Waals surface area (Å²) in [6.45, 7) is 6.46. The topological polar surface area (TPSA) is 41.5 Å². The summed E-state index contributed by atoms with van der Waals surface area (Å²) >= 11 is 0. The van der Waals surface area contributed by atoms with Crippen molar-refractivity contribution < 1.29 is 9.84 Å². The van der Waals surface area contributed by atoms with E-state index in [1.807, 2.05) is 18.2 Å². The fraction of sp³-hybridized carbons (Fsp3) is 0.571. The molecule has 3 heteroatoms. The third kappa shape index (κ3) is 4.02. The largest absolute Gasteiger partial charge is 0.497 e. The van der Waals surface area contributed by atoms with Gasteiger partial charge < -0.3 is 15.2 Å². The maximum absolute atomic E-state index is 9.31. The van der Waals surface area contributed by atoms with Crippen molar-refractivity contribution in [2.45, 2.75) is 32.9 Å². The van der Waals surface area contributed by atoms with E-state index in [0.717, 1.165) is 5.75 Å². The first kappa shape index (κ1) is 14.0. The molecule has 0 aliphatic rings. The fourth-order valence-electron chi connectivity index (χ4n) is 1.78. The predicted molar refractivity (Wildman–Crippen MR) is 70.3 cm³/mol. The minimum Gasteiger partial charge on any atom is -0.497 e. The van der Waals surface area contributed by atoms with Crippen molar-refractivity contribution in [3.8, 4) is 5.75 Å². The average Bonchev–Trinajstić information content (AvgIpc) is 2.35. The van der Waals surface area contributed by atoms with Crippen LogP contribution in [0.5, 0.6) is 5.75 Å². The van der Waals surface area contributed by atoms with Gasteiger partial charge in [-0.2, -0.15) is 0 Å². The van der Waals surface area contributed by atoms with Gasteiger partial charge in [-0.05, 0) is 30.5 Å². The third-order valence-electron chi connectivity index (χ3n) is 3.06. The molecule has 0 spiro atoms. The Balaban J connectivity index is 2.71. The minimum absolute atomic E-state index is 0.121. The van der Waals surface area contributed by atoms with Gasteiger partial charge in [0.25, 0.3) is 0 Å². The molecule has 2 N–H and O–H groups in total. The Bertz CT molecular complexity index is 339. The monoisotopic (exact) mass is 237 g/mol. The molecule has 0 aromatic heterocycles. The number of aliphatic hydroxyl groups is 1. The molecule has 2 atom stereocenters. The lowest BCUT2D eigenvalue weighted by Crippen LogP contribution is -2.38. The van der Waals surface area contributed by atoms with Gasteiger partial charge in [0.15, 0.2) is 0 Å². The van der Waals surface area contributed by atoms with Gasteiger partial charge in [-0.3, -0.25) is 0 Å². The third-order valence-corrected chi connectivity index (χ3v) is 3.06. The maximum Gasteiger partial charge on any atom is 0.119 e. The summed E-state index contributed by atoms with van der Waals surface area (Å²) < 4.78 is 5.21. The molecular formula is C14H23NO2. The van der Waals surface area contributed by atoms with Crippen molar-refractivity contribution >= 4 is 0 Å². The SMILES string of the molecule is COc1cccc(C(C)NC(CO)C(C)C)c1. The molecule has 0 fully saturated rings. The fourth-order valence-corrected chi connectivity index (χ4v) is 1.78. The molecule has 0 aliphatic carbocycles. The number of nitrogens with one attached hydrogen (secondary N) is 1.